The highest BCUT2D eigenvalue weighted by Crippen LogP contribution is 2.37. The van der Waals surface area contributed by atoms with Crippen LogP contribution in [0, 0.1) is 5.92 Å². The van der Waals surface area contributed by atoms with Crippen LogP contribution in [-0.4, -0.2) is 59.0 Å². The van der Waals surface area contributed by atoms with Crippen molar-refractivity contribution >= 4 is 49.7 Å². The van der Waals surface area contributed by atoms with Gasteiger partial charge in [-0.1, -0.05) is 31.5 Å². The molecule has 1 fully saturated rings. The Morgan fingerprint density at radius 1 is 1.13 bits per heavy atom. The normalized spacial score (nSPS) is 14.4. The number of hydrogen-bond acceptors (Lipinski definition) is 8. The third-order valence-electron chi connectivity index (χ3n) is 6.51. The number of alkyl halides is 2. The maximum absolute atomic E-state index is 13.0. The fraction of sp³-hybridized carbons (Fsp3) is 0.360. The number of nitrogens with one attached hydrogen (secondary N) is 2. The van der Waals surface area contributed by atoms with E-state index in [9.17, 15) is 17.2 Å². The molecule has 14 heteroatoms. The molecule has 10 nitrogen and oxygen atoms in total. The van der Waals surface area contributed by atoms with Crippen LogP contribution in [0.25, 0.3) is 22.2 Å². The van der Waals surface area contributed by atoms with Gasteiger partial charge in [-0.05, 0) is 35.1 Å². The summed E-state index contributed by atoms with van der Waals surface area (Å²) in [5.41, 5.74) is 2.39. The van der Waals surface area contributed by atoms with Crippen molar-refractivity contribution in [1.82, 2.24) is 29.5 Å². The molecule has 2 N–H and O–H groups in total. The highest BCUT2D eigenvalue weighted by Gasteiger charge is 2.29. The number of halogens is 3. The zero-order valence-corrected chi connectivity index (χ0v) is 23.0. The molecular formula is C25H27ClF2N8O2S. The number of benzene rings is 1. The molecule has 1 saturated heterocycles. The number of nitrogens with zero attached hydrogens (tertiary/aromatic N) is 6. The summed E-state index contributed by atoms with van der Waals surface area (Å²) < 4.78 is 51.9. The van der Waals surface area contributed by atoms with Gasteiger partial charge in [-0.15, -0.1) is 0 Å². The molecule has 0 saturated carbocycles. The summed E-state index contributed by atoms with van der Waals surface area (Å²) in [7, 11) is -3.22. The summed E-state index contributed by atoms with van der Waals surface area (Å²) >= 11 is 6.04. The SMILES string of the molecule is CC(C)c1ccc(N2CC(CNS(C)(=O)=O)C2)c2cnc(Nc3ccnc(-c4cn(C(F)F)nc4Cl)n3)cc12. The predicted molar refractivity (Wildman–Crippen MR) is 147 cm³/mol. The summed E-state index contributed by atoms with van der Waals surface area (Å²) in [6, 6.07) is 7.80. The van der Waals surface area contributed by atoms with Crippen LogP contribution in [0.1, 0.15) is 31.9 Å². The average Bonchev–Trinajstić information content (AvgIpc) is 3.24. The Morgan fingerprint density at radius 2 is 1.90 bits per heavy atom. The molecular weight excluding hydrogens is 550 g/mol. The number of anilines is 3. The molecule has 0 bridgehead atoms. The van der Waals surface area contributed by atoms with Crippen molar-refractivity contribution in [2.45, 2.75) is 26.3 Å². The van der Waals surface area contributed by atoms with Gasteiger partial charge in [-0.25, -0.2) is 32.8 Å². The number of sulfonamides is 1. The summed E-state index contributed by atoms with van der Waals surface area (Å²) in [5.74, 6) is 1.62. The molecule has 206 valence electrons. The first kappa shape index (κ1) is 27.2. The standard InChI is InChI=1S/C25H27ClF2N8O2S/c1-14(2)16-4-5-20(35-11-15(12-35)9-31-39(3,37)38)18-10-30-22(8-17(16)18)32-21-6-7-29-24(33-21)19-13-36(25(27)28)34-23(19)26/h4-8,10,13-15,25,31H,9,11-12H2,1-3H3,(H,29,30,32,33). The van der Waals surface area contributed by atoms with Crippen molar-refractivity contribution in [2.24, 2.45) is 5.92 Å². The van der Waals surface area contributed by atoms with Crippen LogP contribution in [0.5, 0.6) is 0 Å². The third-order valence-corrected chi connectivity index (χ3v) is 7.48. The first-order valence-electron chi connectivity index (χ1n) is 12.2. The first-order chi connectivity index (χ1) is 18.5. The van der Waals surface area contributed by atoms with Crippen molar-refractivity contribution < 1.29 is 17.2 Å². The Balaban J connectivity index is 1.40. The lowest BCUT2D eigenvalue weighted by atomic mass is 9.93. The maximum Gasteiger partial charge on any atom is 0.333 e. The molecule has 3 aromatic heterocycles. The second-order valence-corrected chi connectivity index (χ2v) is 12.0. The van der Waals surface area contributed by atoms with Crippen molar-refractivity contribution in [3.8, 4) is 11.4 Å². The summed E-state index contributed by atoms with van der Waals surface area (Å²) in [6.45, 7) is 3.32. The summed E-state index contributed by atoms with van der Waals surface area (Å²) in [5, 5.41) is 8.69. The van der Waals surface area contributed by atoms with Crippen LogP contribution in [0.3, 0.4) is 0 Å². The lowest BCUT2D eigenvalue weighted by Crippen LogP contribution is -2.51. The molecule has 0 aliphatic carbocycles. The Labute approximate surface area is 229 Å². The van der Waals surface area contributed by atoms with Crippen LogP contribution in [0.4, 0.5) is 26.1 Å². The van der Waals surface area contributed by atoms with Gasteiger partial charge >= 0.3 is 6.55 Å². The fourth-order valence-electron chi connectivity index (χ4n) is 4.57. The highest BCUT2D eigenvalue weighted by atomic mass is 35.5. The summed E-state index contributed by atoms with van der Waals surface area (Å²) in [6.07, 6.45) is 5.58. The number of rotatable bonds is 9. The molecule has 4 heterocycles. The van der Waals surface area contributed by atoms with Crippen LogP contribution in [0.2, 0.25) is 5.15 Å². The van der Waals surface area contributed by atoms with E-state index in [1.54, 1.807) is 6.07 Å². The molecule has 0 atom stereocenters. The van der Waals surface area contributed by atoms with E-state index in [1.165, 1.54) is 6.20 Å². The number of aromatic nitrogens is 5. The Kier molecular flexibility index (Phi) is 7.40. The van der Waals surface area contributed by atoms with Crippen LogP contribution in [-0.2, 0) is 10.0 Å². The predicted octanol–water partition coefficient (Wildman–Crippen LogP) is 4.79. The van der Waals surface area contributed by atoms with Gasteiger partial charge in [-0.3, -0.25) is 0 Å². The van der Waals surface area contributed by atoms with Gasteiger partial charge in [-0.2, -0.15) is 13.9 Å². The van der Waals surface area contributed by atoms with E-state index in [1.807, 2.05) is 12.3 Å². The topological polar surface area (TPSA) is 118 Å². The van der Waals surface area contributed by atoms with Gasteiger partial charge in [0.2, 0.25) is 10.0 Å². The molecule has 0 spiro atoms. The molecule has 39 heavy (non-hydrogen) atoms. The molecule has 1 aromatic carbocycles. The zero-order chi connectivity index (χ0) is 27.9. The minimum atomic E-state index is -3.22. The Morgan fingerprint density at radius 3 is 2.56 bits per heavy atom. The Bertz CT molecular complexity index is 1620. The molecule has 0 amide bonds. The number of pyridine rings is 1. The van der Waals surface area contributed by atoms with E-state index in [-0.39, 0.29) is 28.4 Å². The number of hydrogen-bond donors (Lipinski definition) is 2. The van der Waals surface area contributed by atoms with E-state index in [0.717, 1.165) is 47.6 Å². The van der Waals surface area contributed by atoms with E-state index in [2.05, 4.69) is 61.0 Å². The molecule has 1 aliphatic rings. The van der Waals surface area contributed by atoms with E-state index < -0.39 is 16.6 Å². The number of fused-ring (bicyclic) bond motifs is 1. The van der Waals surface area contributed by atoms with Gasteiger partial charge in [0.25, 0.3) is 0 Å². The highest BCUT2D eigenvalue weighted by molar-refractivity contribution is 7.88. The van der Waals surface area contributed by atoms with Crippen LogP contribution >= 0.6 is 11.6 Å². The maximum atomic E-state index is 13.0. The average molecular weight is 577 g/mol. The Hall–Kier alpha value is -3.42. The van der Waals surface area contributed by atoms with E-state index >= 15 is 0 Å². The second kappa shape index (κ2) is 10.6. The second-order valence-electron chi connectivity index (χ2n) is 9.82. The van der Waals surface area contributed by atoms with Gasteiger partial charge < -0.3 is 10.2 Å². The van der Waals surface area contributed by atoms with E-state index in [0.29, 0.717) is 22.9 Å². The fourth-order valence-corrected chi connectivity index (χ4v) is 5.33. The third kappa shape index (κ3) is 5.94. The van der Waals surface area contributed by atoms with Gasteiger partial charge in [0, 0.05) is 55.2 Å². The molecule has 4 aromatic rings. The smallest absolute Gasteiger partial charge is 0.333 e. The van der Waals surface area contributed by atoms with Crippen LogP contribution < -0.4 is 14.9 Å². The molecule has 5 rings (SSSR count). The van der Waals surface area contributed by atoms with Crippen molar-refractivity contribution in [3.63, 3.8) is 0 Å². The quantitative estimate of drug-likeness (QED) is 0.292. The van der Waals surface area contributed by atoms with Gasteiger partial charge in [0.05, 0.1) is 11.8 Å². The zero-order valence-electron chi connectivity index (χ0n) is 21.4. The largest absolute Gasteiger partial charge is 0.370 e. The summed E-state index contributed by atoms with van der Waals surface area (Å²) in [4.78, 5) is 15.4. The monoisotopic (exact) mass is 576 g/mol. The van der Waals surface area contributed by atoms with Crippen molar-refractivity contribution in [1.29, 1.82) is 0 Å². The van der Waals surface area contributed by atoms with Crippen molar-refractivity contribution in [2.75, 3.05) is 36.1 Å². The first-order valence-corrected chi connectivity index (χ1v) is 14.5. The molecule has 0 radical (unpaired) electrons. The molecule has 0 unspecified atom stereocenters. The van der Waals surface area contributed by atoms with Crippen LogP contribution in [0.15, 0.2) is 42.9 Å². The van der Waals surface area contributed by atoms with Gasteiger partial charge in [0.1, 0.15) is 11.6 Å². The lowest BCUT2D eigenvalue weighted by molar-refractivity contribution is 0.0567. The molecule has 1 aliphatic heterocycles. The lowest BCUT2D eigenvalue weighted by Gasteiger charge is -2.41. The van der Waals surface area contributed by atoms with E-state index in [4.69, 9.17) is 11.6 Å². The van der Waals surface area contributed by atoms with Crippen molar-refractivity contribution in [3.05, 3.63) is 53.6 Å². The minimum absolute atomic E-state index is 0.120. The van der Waals surface area contributed by atoms with Gasteiger partial charge in [0.15, 0.2) is 11.0 Å². The minimum Gasteiger partial charge on any atom is -0.370 e.